The lowest BCUT2D eigenvalue weighted by molar-refractivity contribution is 0.0825. The van der Waals surface area contributed by atoms with Gasteiger partial charge in [-0.05, 0) is 51.8 Å². The van der Waals surface area contributed by atoms with E-state index in [1.165, 1.54) is 16.7 Å². The quantitative estimate of drug-likeness (QED) is 0.828. The van der Waals surface area contributed by atoms with Gasteiger partial charge in [-0.3, -0.25) is 0 Å². The highest BCUT2D eigenvalue weighted by Gasteiger charge is 2.25. The van der Waals surface area contributed by atoms with Gasteiger partial charge in [0, 0.05) is 6.54 Å². The third-order valence-corrected chi connectivity index (χ3v) is 3.45. The molecule has 102 valence electrons. The smallest absolute Gasteiger partial charge is 0.126 e. The lowest BCUT2D eigenvalue weighted by Gasteiger charge is -2.31. The van der Waals surface area contributed by atoms with Gasteiger partial charge >= 0.3 is 0 Å². The van der Waals surface area contributed by atoms with E-state index in [0.29, 0.717) is 0 Å². The lowest BCUT2D eigenvalue weighted by Crippen LogP contribution is -2.42. The van der Waals surface area contributed by atoms with Gasteiger partial charge in [-0.2, -0.15) is 0 Å². The second kappa shape index (κ2) is 6.24. The summed E-state index contributed by atoms with van der Waals surface area (Å²) in [5, 5.41) is 3.39. The van der Waals surface area contributed by atoms with Crippen LogP contribution in [-0.4, -0.2) is 18.7 Å². The molecule has 0 amide bonds. The highest BCUT2D eigenvalue weighted by Crippen LogP contribution is 2.29. The maximum atomic E-state index is 6.31. The van der Waals surface area contributed by atoms with Crippen LogP contribution in [0.3, 0.4) is 0 Å². The maximum Gasteiger partial charge on any atom is 0.126 e. The summed E-state index contributed by atoms with van der Waals surface area (Å²) in [6.07, 6.45) is 0.993. The molecule has 0 aliphatic carbocycles. The van der Waals surface area contributed by atoms with Crippen LogP contribution < -0.4 is 10.1 Å². The Morgan fingerprint density at radius 1 is 1.11 bits per heavy atom. The molecule has 0 bridgehead atoms. The summed E-state index contributed by atoms with van der Waals surface area (Å²) in [6, 6.07) is 4.37. The number of hydrogen-bond donors (Lipinski definition) is 1. The van der Waals surface area contributed by atoms with Crippen LogP contribution in [-0.2, 0) is 0 Å². The van der Waals surface area contributed by atoms with Crippen LogP contribution in [0.25, 0.3) is 0 Å². The number of nitrogens with one attached hydrogen (secondary N) is 1. The predicted octanol–water partition coefficient (Wildman–Crippen LogP) is 3.77. The summed E-state index contributed by atoms with van der Waals surface area (Å²) in [7, 11) is 0. The van der Waals surface area contributed by atoms with Crippen LogP contribution in [0.15, 0.2) is 12.1 Å². The molecule has 1 rings (SSSR count). The van der Waals surface area contributed by atoms with Crippen molar-refractivity contribution < 1.29 is 4.74 Å². The molecular formula is C16H27NO. The molecule has 1 aromatic rings. The van der Waals surface area contributed by atoms with Crippen molar-refractivity contribution in [1.82, 2.24) is 5.32 Å². The van der Waals surface area contributed by atoms with E-state index >= 15 is 0 Å². The first-order valence-electron chi connectivity index (χ1n) is 6.89. The van der Waals surface area contributed by atoms with Gasteiger partial charge < -0.3 is 10.1 Å². The number of rotatable bonds is 6. The Balaban J connectivity index is 2.94. The minimum absolute atomic E-state index is 0.138. The molecule has 0 aliphatic rings. The molecule has 1 unspecified atom stereocenters. The summed E-state index contributed by atoms with van der Waals surface area (Å²) in [6.45, 7) is 14.7. The zero-order valence-electron chi connectivity index (χ0n) is 12.7. The minimum Gasteiger partial charge on any atom is -0.486 e. The first-order valence-corrected chi connectivity index (χ1v) is 6.89. The Morgan fingerprint density at radius 3 is 2.11 bits per heavy atom. The fourth-order valence-corrected chi connectivity index (χ4v) is 2.20. The van der Waals surface area contributed by atoms with Crippen molar-refractivity contribution in [2.75, 3.05) is 13.1 Å². The topological polar surface area (TPSA) is 21.3 Å². The molecule has 0 fully saturated rings. The van der Waals surface area contributed by atoms with E-state index in [0.717, 1.165) is 25.3 Å². The van der Waals surface area contributed by atoms with E-state index in [1.54, 1.807) is 0 Å². The number of benzene rings is 1. The molecule has 18 heavy (non-hydrogen) atoms. The van der Waals surface area contributed by atoms with E-state index in [4.69, 9.17) is 4.74 Å². The molecular weight excluding hydrogens is 222 g/mol. The normalized spacial score (nSPS) is 14.3. The van der Waals surface area contributed by atoms with Crippen LogP contribution in [0.1, 0.15) is 43.9 Å². The average Bonchev–Trinajstić information content (AvgIpc) is 2.31. The second-order valence-corrected chi connectivity index (χ2v) is 5.41. The fourth-order valence-electron chi connectivity index (χ4n) is 2.20. The van der Waals surface area contributed by atoms with Gasteiger partial charge in [0.15, 0.2) is 0 Å². The van der Waals surface area contributed by atoms with E-state index in [2.05, 4.69) is 59.0 Å². The van der Waals surface area contributed by atoms with Gasteiger partial charge in [-0.1, -0.05) is 31.5 Å². The first-order chi connectivity index (χ1) is 8.41. The number of likely N-dealkylation sites (N-methyl/N-ethyl adjacent to an activating group) is 1. The van der Waals surface area contributed by atoms with Crippen molar-refractivity contribution in [2.24, 2.45) is 0 Å². The highest BCUT2D eigenvalue weighted by atomic mass is 16.5. The molecule has 1 N–H and O–H groups in total. The van der Waals surface area contributed by atoms with Gasteiger partial charge in [-0.25, -0.2) is 0 Å². The largest absolute Gasteiger partial charge is 0.486 e. The molecule has 2 heteroatoms. The summed E-state index contributed by atoms with van der Waals surface area (Å²) in [5.74, 6) is 1.04. The molecule has 1 aromatic carbocycles. The van der Waals surface area contributed by atoms with E-state index in [-0.39, 0.29) is 5.60 Å². The average molecular weight is 249 g/mol. The maximum absolute atomic E-state index is 6.31. The van der Waals surface area contributed by atoms with Crippen molar-refractivity contribution in [3.05, 3.63) is 28.8 Å². The van der Waals surface area contributed by atoms with Crippen molar-refractivity contribution in [2.45, 2.75) is 53.6 Å². The van der Waals surface area contributed by atoms with Crippen LogP contribution >= 0.6 is 0 Å². The van der Waals surface area contributed by atoms with E-state index < -0.39 is 0 Å². The summed E-state index contributed by atoms with van der Waals surface area (Å²) in [5.41, 5.74) is 3.61. The number of aryl methyl sites for hydroxylation is 3. The van der Waals surface area contributed by atoms with Crippen LogP contribution in [0, 0.1) is 20.8 Å². The predicted molar refractivity (Wildman–Crippen MR) is 78.5 cm³/mol. The van der Waals surface area contributed by atoms with Gasteiger partial charge in [0.25, 0.3) is 0 Å². The summed E-state index contributed by atoms with van der Waals surface area (Å²) in [4.78, 5) is 0. The fraction of sp³-hybridized carbons (Fsp3) is 0.625. The van der Waals surface area contributed by atoms with Crippen molar-refractivity contribution in [1.29, 1.82) is 0 Å². The van der Waals surface area contributed by atoms with Crippen LogP contribution in [0.4, 0.5) is 0 Å². The van der Waals surface area contributed by atoms with E-state index in [1.807, 2.05) is 0 Å². The van der Waals surface area contributed by atoms with Crippen molar-refractivity contribution >= 4 is 0 Å². The summed E-state index contributed by atoms with van der Waals surface area (Å²) >= 11 is 0. The van der Waals surface area contributed by atoms with Gasteiger partial charge in [0.1, 0.15) is 11.4 Å². The molecule has 0 heterocycles. The molecule has 0 saturated carbocycles. The Labute approximate surface area is 112 Å². The molecule has 0 saturated heterocycles. The number of ether oxygens (including phenoxy) is 1. The second-order valence-electron chi connectivity index (χ2n) is 5.41. The molecule has 0 aliphatic heterocycles. The standard InChI is InChI=1S/C16H27NO/c1-7-16(6,11-17-8-2)18-15-13(4)9-12(3)10-14(15)5/h9-10,17H,7-8,11H2,1-6H3. The third kappa shape index (κ3) is 3.74. The van der Waals surface area contributed by atoms with Crippen molar-refractivity contribution in [3.8, 4) is 5.75 Å². The molecule has 2 nitrogen and oxygen atoms in total. The van der Waals surface area contributed by atoms with Crippen LogP contribution in [0.5, 0.6) is 5.75 Å². The number of hydrogen-bond acceptors (Lipinski definition) is 2. The van der Waals surface area contributed by atoms with Gasteiger partial charge in [0.05, 0.1) is 0 Å². The molecule has 1 atom stereocenters. The Morgan fingerprint density at radius 2 is 1.67 bits per heavy atom. The summed E-state index contributed by atoms with van der Waals surface area (Å²) < 4.78 is 6.31. The molecule has 0 spiro atoms. The monoisotopic (exact) mass is 249 g/mol. The van der Waals surface area contributed by atoms with Gasteiger partial charge in [-0.15, -0.1) is 0 Å². The Hall–Kier alpha value is -1.02. The Kier molecular flexibility index (Phi) is 5.21. The highest BCUT2D eigenvalue weighted by molar-refractivity contribution is 5.43. The lowest BCUT2D eigenvalue weighted by atomic mass is 10.0. The molecule has 0 aromatic heterocycles. The SMILES string of the molecule is CCNCC(C)(CC)Oc1c(C)cc(C)cc1C. The third-order valence-electron chi connectivity index (χ3n) is 3.45. The zero-order valence-corrected chi connectivity index (χ0v) is 12.7. The van der Waals surface area contributed by atoms with E-state index in [9.17, 15) is 0 Å². The van der Waals surface area contributed by atoms with Gasteiger partial charge in [0.2, 0.25) is 0 Å². The first kappa shape index (κ1) is 15.0. The zero-order chi connectivity index (χ0) is 13.8. The van der Waals surface area contributed by atoms with Crippen molar-refractivity contribution in [3.63, 3.8) is 0 Å². The molecule has 0 radical (unpaired) electrons. The Bertz CT molecular complexity index is 377. The minimum atomic E-state index is -0.138. The van der Waals surface area contributed by atoms with Crippen LogP contribution in [0.2, 0.25) is 0 Å².